The Morgan fingerprint density at radius 3 is 2.71 bits per heavy atom. The maximum absolute atomic E-state index is 12.4. The molecule has 0 aliphatic heterocycles. The highest BCUT2D eigenvalue weighted by Crippen LogP contribution is 2.25. The maximum atomic E-state index is 12.4. The summed E-state index contributed by atoms with van der Waals surface area (Å²) in [6, 6.07) is 10.6. The van der Waals surface area contributed by atoms with Gasteiger partial charge in [-0.05, 0) is 35.9 Å². The zero-order valence-electron chi connectivity index (χ0n) is 12.2. The van der Waals surface area contributed by atoms with E-state index in [-0.39, 0.29) is 12.3 Å². The fraction of sp³-hybridized carbons (Fsp3) is 0.0625. The number of hydrogen-bond acceptors (Lipinski definition) is 3. The van der Waals surface area contributed by atoms with Gasteiger partial charge in [0.1, 0.15) is 12.7 Å². The smallest absolute Gasteiger partial charge is 0.228 e. The van der Waals surface area contributed by atoms with E-state index < -0.39 is 0 Å². The van der Waals surface area contributed by atoms with Crippen molar-refractivity contribution in [3.05, 3.63) is 69.1 Å². The third-order valence-electron chi connectivity index (χ3n) is 3.25. The standard InChI is InChI=1S/C16H11BrCl2N4O/c17-11-2-4-15(23-9-20-8-21-23)14(7-11)22-16(24)6-10-1-3-12(18)13(19)5-10/h1-5,7-9H,6H2,(H,22,24). The van der Waals surface area contributed by atoms with Gasteiger partial charge in [0.25, 0.3) is 0 Å². The summed E-state index contributed by atoms with van der Waals surface area (Å²) < 4.78 is 2.43. The minimum atomic E-state index is -0.173. The van der Waals surface area contributed by atoms with Gasteiger partial charge in [0.2, 0.25) is 5.91 Å². The van der Waals surface area contributed by atoms with E-state index >= 15 is 0 Å². The minimum absolute atomic E-state index is 0.173. The van der Waals surface area contributed by atoms with Crippen molar-refractivity contribution in [3.8, 4) is 5.69 Å². The Hall–Kier alpha value is -1.89. The van der Waals surface area contributed by atoms with E-state index in [4.69, 9.17) is 23.2 Å². The van der Waals surface area contributed by atoms with Crippen molar-refractivity contribution in [1.82, 2.24) is 14.8 Å². The lowest BCUT2D eigenvalue weighted by molar-refractivity contribution is -0.115. The van der Waals surface area contributed by atoms with Crippen molar-refractivity contribution in [1.29, 1.82) is 0 Å². The molecule has 0 atom stereocenters. The normalized spacial score (nSPS) is 10.6. The van der Waals surface area contributed by atoms with E-state index in [2.05, 4.69) is 31.3 Å². The number of hydrogen-bond donors (Lipinski definition) is 1. The predicted molar refractivity (Wildman–Crippen MR) is 97.9 cm³/mol. The second-order valence-corrected chi connectivity index (χ2v) is 6.71. The van der Waals surface area contributed by atoms with Gasteiger partial charge in [-0.2, -0.15) is 5.10 Å². The van der Waals surface area contributed by atoms with Gasteiger partial charge >= 0.3 is 0 Å². The van der Waals surface area contributed by atoms with Crippen LogP contribution in [0.4, 0.5) is 5.69 Å². The largest absolute Gasteiger partial charge is 0.324 e. The number of rotatable bonds is 4. The van der Waals surface area contributed by atoms with Gasteiger partial charge in [-0.15, -0.1) is 0 Å². The summed E-state index contributed by atoms with van der Waals surface area (Å²) in [5.74, 6) is -0.173. The van der Waals surface area contributed by atoms with Crippen LogP contribution < -0.4 is 5.32 Å². The van der Waals surface area contributed by atoms with Gasteiger partial charge in [0, 0.05) is 4.47 Å². The molecule has 24 heavy (non-hydrogen) atoms. The fourth-order valence-electron chi connectivity index (χ4n) is 2.17. The number of halogens is 3. The summed E-state index contributed by atoms with van der Waals surface area (Å²) >= 11 is 15.3. The molecule has 0 saturated heterocycles. The zero-order chi connectivity index (χ0) is 17.1. The molecule has 1 N–H and O–H groups in total. The van der Waals surface area contributed by atoms with Gasteiger partial charge in [-0.3, -0.25) is 4.79 Å². The van der Waals surface area contributed by atoms with E-state index in [0.717, 1.165) is 15.7 Å². The number of nitrogens with one attached hydrogen (secondary N) is 1. The Labute approximate surface area is 156 Å². The Morgan fingerprint density at radius 1 is 1.17 bits per heavy atom. The summed E-state index contributed by atoms with van der Waals surface area (Å²) in [6.07, 6.45) is 3.18. The van der Waals surface area contributed by atoms with Gasteiger partial charge < -0.3 is 5.32 Å². The summed E-state index contributed by atoms with van der Waals surface area (Å²) in [5, 5.41) is 7.87. The monoisotopic (exact) mass is 424 g/mol. The molecule has 0 bridgehead atoms. The van der Waals surface area contributed by atoms with Crippen LogP contribution in [0.5, 0.6) is 0 Å². The molecule has 122 valence electrons. The van der Waals surface area contributed by atoms with E-state index in [0.29, 0.717) is 15.7 Å². The number of nitrogens with zero attached hydrogens (tertiary/aromatic N) is 3. The highest BCUT2D eigenvalue weighted by molar-refractivity contribution is 9.10. The number of carbonyl (C=O) groups excluding carboxylic acids is 1. The summed E-state index contributed by atoms with van der Waals surface area (Å²) in [4.78, 5) is 16.3. The first-order chi connectivity index (χ1) is 11.5. The van der Waals surface area contributed by atoms with Crippen LogP contribution in [0, 0.1) is 0 Å². The summed E-state index contributed by atoms with van der Waals surface area (Å²) in [6.45, 7) is 0. The molecule has 1 aromatic heterocycles. The highest BCUT2D eigenvalue weighted by Gasteiger charge is 2.11. The van der Waals surface area contributed by atoms with E-state index in [9.17, 15) is 4.79 Å². The molecule has 0 spiro atoms. The first-order valence-corrected chi connectivity index (χ1v) is 8.46. The highest BCUT2D eigenvalue weighted by atomic mass is 79.9. The third-order valence-corrected chi connectivity index (χ3v) is 4.48. The fourth-order valence-corrected chi connectivity index (χ4v) is 2.85. The van der Waals surface area contributed by atoms with Crippen LogP contribution >= 0.6 is 39.1 Å². The lowest BCUT2D eigenvalue weighted by Gasteiger charge is -2.11. The molecule has 0 unspecified atom stereocenters. The zero-order valence-corrected chi connectivity index (χ0v) is 15.3. The maximum Gasteiger partial charge on any atom is 0.228 e. The molecule has 0 radical (unpaired) electrons. The SMILES string of the molecule is O=C(Cc1ccc(Cl)c(Cl)c1)Nc1cc(Br)ccc1-n1cncn1. The molecular weight excluding hydrogens is 415 g/mol. The van der Waals surface area contributed by atoms with Crippen LogP contribution in [0.25, 0.3) is 5.69 Å². The van der Waals surface area contributed by atoms with Gasteiger partial charge in [-0.25, -0.2) is 9.67 Å². The molecule has 1 heterocycles. The van der Waals surface area contributed by atoms with Crippen molar-refractivity contribution in [2.24, 2.45) is 0 Å². The second-order valence-electron chi connectivity index (χ2n) is 4.97. The van der Waals surface area contributed by atoms with E-state index in [1.165, 1.54) is 6.33 Å². The molecule has 8 heteroatoms. The molecule has 5 nitrogen and oxygen atoms in total. The Morgan fingerprint density at radius 2 is 2.00 bits per heavy atom. The lowest BCUT2D eigenvalue weighted by Crippen LogP contribution is -2.16. The molecule has 0 aliphatic rings. The first kappa shape index (κ1) is 17.0. The number of benzene rings is 2. The summed E-state index contributed by atoms with van der Waals surface area (Å²) in [7, 11) is 0. The number of anilines is 1. The van der Waals surface area contributed by atoms with Gasteiger partial charge in [0.05, 0.1) is 27.8 Å². The molecule has 0 saturated carbocycles. The summed E-state index contributed by atoms with van der Waals surface area (Å²) in [5.41, 5.74) is 2.12. The Balaban J connectivity index is 1.81. The third kappa shape index (κ3) is 3.95. The van der Waals surface area contributed by atoms with E-state index in [1.54, 1.807) is 29.2 Å². The van der Waals surface area contributed by atoms with Crippen molar-refractivity contribution < 1.29 is 4.79 Å². The van der Waals surface area contributed by atoms with Gasteiger partial charge in [-0.1, -0.05) is 45.2 Å². The average molecular weight is 426 g/mol. The minimum Gasteiger partial charge on any atom is -0.324 e. The molecule has 3 aromatic rings. The molecule has 0 fully saturated rings. The Bertz CT molecular complexity index is 884. The van der Waals surface area contributed by atoms with E-state index in [1.807, 2.05) is 18.2 Å². The second kappa shape index (κ2) is 7.34. The van der Waals surface area contributed by atoms with Crippen LogP contribution in [0.3, 0.4) is 0 Å². The van der Waals surface area contributed by atoms with Crippen LogP contribution in [-0.4, -0.2) is 20.7 Å². The molecule has 0 aliphatic carbocycles. The number of aromatic nitrogens is 3. The first-order valence-electron chi connectivity index (χ1n) is 6.91. The average Bonchev–Trinajstić information content (AvgIpc) is 3.05. The van der Waals surface area contributed by atoms with Crippen molar-refractivity contribution >= 4 is 50.7 Å². The predicted octanol–water partition coefficient (Wildman–Crippen LogP) is 4.52. The molecular formula is C16H11BrCl2N4O. The van der Waals surface area contributed by atoms with Crippen LogP contribution in [0.2, 0.25) is 10.0 Å². The quantitative estimate of drug-likeness (QED) is 0.668. The van der Waals surface area contributed by atoms with Crippen molar-refractivity contribution in [3.63, 3.8) is 0 Å². The molecule has 1 amide bonds. The topological polar surface area (TPSA) is 59.8 Å². The van der Waals surface area contributed by atoms with Crippen LogP contribution in [0.1, 0.15) is 5.56 Å². The number of carbonyl (C=O) groups is 1. The number of amides is 1. The van der Waals surface area contributed by atoms with Crippen LogP contribution in [0.15, 0.2) is 53.5 Å². The van der Waals surface area contributed by atoms with Crippen molar-refractivity contribution in [2.45, 2.75) is 6.42 Å². The molecule has 2 aromatic carbocycles. The van der Waals surface area contributed by atoms with Crippen molar-refractivity contribution in [2.75, 3.05) is 5.32 Å². The molecule has 3 rings (SSSR count). The van der Waals surface area contributed by atoms with Gasteiger partial charge in [0.15, 0.2) is 0 Å². The van der Waals surface area contributed by atoms with Crippen LogP contribution in [-0.2, 0) is 11.2 Å². The Kier molecular flexibility index (Phi) is 5.18. The lowest BCUT2D eigenvalue weighted by atomic mass is 10.1.